The molecular weight excluding hydrogens is 461 g/mol. The van der Waals surface area contributed by atoms with E-state index in [4.69, 9.17) is 0 Å². The van der Waals surface area contributed by atoms with Gasteiger partial charge in [0.2, 0.25) is 5.56 Å². The van der Waals surface area contributed by atoms with Gasteiger partial charge in [0.1, 0.15) is 5.82 Å². The molecule has 0 aliphatic rings. The minimum absolute atomic E-state index is 0.0704. The van der Waals surface area contributed by atoms with Crippen LogP contribution in [-0.4, -0.2) is 45.8 Å². The molecule has 9 nitrogen and oxygen atoms in total. The van der Waals surface area contributed by atoms with Crippen molar-refractivity contribution in [3.05, 3.63) is 70.3 Å². The fourth-order valence-corrected chi connectivity index (χ4v) is 4.67. The van der Waals surface area contributed by atoms with E-state index >= 15 is 0 Å². The van der Waals surface area contributed by atoms with Gasteiger partial charge < -0.3 is 10.3 Å². The van der Waals surface area contributed by atoms with Gasteiger partial charge in [0.25, 0.3) is 15.9 Å². The zero-order chi connectivity index (χ0) is 23.5. The van der Waals surface area contributed by atoms with Gasteiger partial charge in [-0.05, 0) is 42.5 Å². The largest absolute Gasteiger partial charge is 0.351 e. The van der Waals surface area contributed by atoms with Gasteiger partial charge in [-0.25, -0.2) is 21.2 Å². The summed E-state index contributed by atoms with van der Waals surface area (Å²) in [5.41, 5.74) is -0.312. The molecule has 12 heteroatoms. The molecular formula is C20H20FN3O6S2. The number of sulfonamides is 1. The van der Waals surface area contributed by atoms with Gasteiger partial charge in [-0.1, -0.05) is 6.92 Å². The van der Waals surface area contributed by atoms with Crippen molar-refractivity contribution in [2.24, 2.45) is 0 Å². The van der Waals surface area contributed by atoms with Gasteiger partial charge in [-0.2, -0.15) is 0 Å². The summed E-state index contributed by atoms with van der Waals surface area (Å²) in [5.74, 6) is -1.57. The molecule has 0 bridgehead atoms. The highest BCUT2D eigenvalue weighted by molar-refractivity contribution is 7.92. The number of benzene rings is 2. The number of hydrogen-bond donors (Lipinski definition) is 3. The van der Waals surface area contributed by atoms with Crippen LogP contribution in [0.5, 0.6) is 0 Å². The maximum atomic E-state index is 13.1. The van der Waals surface area contributed by atoms with Crippen LogP contribution < -0.4 is 15.6 Å². The van der Waals surface area contributed by atoms with E-state index in [0.717, 1.165) is 18.2 Å². The fraction of sp³-hybridized carbons (Fsp3) is 0.200. The van der Waals surface area contributed by atoms with Crippen molar-refractivity contribution < 1.29 is 26.0 Å². The van der Waals surface area contributed by atoms with E-state index in [1.165, 1.54) is 37.3 Å². The molecule has 0 spiro atoms. The van der Waals surface area contributed by atoms with E-state index < -0.39 is 37.1 Å². The van der Waals surface area contributed by atoms with Crippen LogP contribution in [0.15, 0.2) is 58.2 Å². The minimum Gasteiger partial charge on any atom is -0.351 e. The van der Waals surface area contributed by atoms with Crippen molar-refractivity contribution in [2.45, 2.75) is 11.8 Å². The predicted molar refractivity (Wildman–Crippen MR) is 118 cm³/mol. The van der Waals surface area contributed by atoms with Gasteiger partial charge in [-0.3, -0.25) is 14.3 Å². The Morgan fingerprint density at radius 2 is 1.72 bits per heavy atom. The lowest BCUT2D eigenvalue weighted by molar-refractivity contribution is 0.0957. The van der Waals surface area contributed by atoms with Crippen LogP contribution in [-0.2, 0) is 19.9 Å². The summed E-state index contributed by atoms with van der Waals surface area (Å²) in [7, 11) is -7.39. The van der Waals surface area contributed by atoms with Crippen LogP contribution in [0.2, 0.25) is 0 Å². The molecule has 0 fully saturated rings. The van der Waals surface area contributed by atoms with Gasteiger partial charge in [0.15, 0.2) is 9.84 Å². The first-order valence-corrected chi connectivity index (χ1v) is 12.8. The number of sulfone groups is 1. The number of halogens is 1. The zero-order valence-electron chi connectivity index (χ0n) is 16.9. The number of carbonyl (C=O) groups is 1. The first-order valence-electron chi connectivity index (χ1n) is 9.45. The van der Waals surface area contributed by atoms with Crippen LogP contribution >= 0.6 is 0 Å². The Bertz CT molecular complexity index is 1430. The second-order valence-corrected chi connectivity index (χ2v) is 11.0. The number of carbonyl (C=O) groups excluding carboxylic acids is 1. The first kappa shape index (κ1) is 23.4. The summed E-state index contributed by atoms with van der Waals surface area (Å²) >= 11 is 0. The van der Waals surface area contributed by atoms with Crippen molar-refractivity contribution in [1.82, 2.24) is 10.3 Å². The average Bonchev–Trinajstić information content (AvgIpc) is 2.74. The SMILES string of the molecule is CCS(=O)(=O)CCNC(=O)c1cc(=O)[nH]c2ccc(S(=O)(=O)Nc3ccc(F)cc3)cc12. The third-order valence-corrected chi connectivity index (χ3v) is 7.69. The summed E-state index contributed by atoms with van der Waals surface area (Å²) in [4.78, 5) is 26.9. The van der Waals surface area contributed by atoms with Crippen molar-refractivity contribution in [1.29, 1.82) is 0 Å². The standard InChI is InChI=1S/C20H20FN3O6S2/c1-2-31(27,28)10-9-22-20(26)17-12-19(25)23-18-8-7-15(11-16(17)18)32(29,30)24-14-5-3-13(21)4-6-14/h3-8,11-12,24H,2,9-10H2,1H3,(H,22,26)(H,23,25). The van der Waals surface area contributed by atoms with Crippen LogP contribution in [0.4, 0.5) is 10.1 Å². The lowest BCUT2D eigenvalue weighted by Crippen LogP contribution is -2.30. The number of amides is 1. The molecule has 1 heterocycles. The number of rotatable bonds is 8. The number of anilines is 1. The van der Waals surface area contributed by atoms with Crippen molar-refractivity contribution >= 4 is 42.4 Å². The third kappa shape index (κ3) is 5.51. The van der Waals surface area contributed by atoms with Crippen molar-refractivity contribution in [3.63, 3.8) is 0 Å². The molecule has 3 N–H and O–H groups in total. The lowest BCUT2D eigenvalue weighted by Gasteiger charge is -2.11. The number of fused-ring (bicyclic) bond motifs is 1. The van der Waals surface area contributed by atoms with Crippen LogP contribution in [0.25, 0.3) is 10.9 Å². The first-order chi connectivity index (χ1) is 15.0. The van der Waals surface area contributed by atoms with E-state index in [1.807, 2.05) is 0 Å². The second kappa shape index (κ2) is 9.09. The lowest BCUT2D eigenvalue weighted by atomic mass is 10.1. The monoisotopic (exact) mass is 481 g/mol. The molecule has 0 radical (unpaired) electrons. The van der Waals surface area contributed by atoms with Gasteiger partial charge in [0, 0.05) is 35.0 Å². The maximum absolute atomic E-state index is 13.1. The second-order valence-electron chi connectivity index (χ2n) is 6.86. The van der Waals surface area contributed by atoms with Crippen LogP contribution in [0, 0.1) is 5.82 Å². The Morgan fingerprint density at radius 3 is 2.38 bits per heavy atom. The van der Waals surface area contributed by atoms with Gasteiger partial charge in [-0.15, -0.1) is 0 Å². The van der Waals surface area contributed by atoms with E-state index in [2.05, 4.69) is 15.0 Å². The molecule has 3 aromatic rings. The molecule has 0 aliphatic heterocycles. The number of aromatic amines is 1. The molecule has 0 saturated carbocycles. The Morgan fingerprint density at radius 1 is 1.03 bits per heavy atom. The molecule has 32 heavy (non-hydrogen) atoms. The van der Waals surface area contributed by atoms with E-state index in [0.29, 0.717) is 0 Å². The molecule has 0 unspecified atom stereocenters. The predicted octanol–water partition coefficient (Wildman–Crippen LogP) is 1.63. The fourth-order valence-electron chi connectivity index (χ4n) is 2.88. The van der Waals surface area contributed by atoms with Crippen molar-refractivity contribution in [2.75, 3.05) is 22.8 Å². The number of hydrogen-bond acceptors (Lipinski definition) is 6. The molecule has 0 atom stereocenters. The van der Waals surface area contributed by atoms with Crippen LogP contribution in [0.3, 0.4) is 0 Å². The summed E-state index contributed by atoms with van der Waals surface area (Å²) in [6.07, 6.45) is 0. The molecule has 170 valence electrons. The number of aromatic nitrogens is 1. The average molecular weight is 482 g/mol. The maximum Gasteiger partial charge on any atom is 0.261 e. The Balaban J connectivity index is 1.94. The van der Waals surface area contributed by atoms with E-state index in [9.17, 15) is 30.8 Å². The van der Waals surface area contributed by atoms with E-state index in [-0.39, 0.29) is 45.1 Å². The number of H-pyrrole nitrogens is 1. The minimum atomic E-state index is -4.09. The van der Waals surface area contributed by atoms with Crippen molar-refractivity contribution in [3.8, 4) is 0 Å². The molecule has 1 aromatic heterocycles. The van der Waals surface area contributed by atoms with Crippen LogP contribution in [0.1, 0.15) is 17.3 Å². The molecule has 0 aliphatic carbocycles. The number of pyridine rings is 1. The Hall–Kier alpha value is -3.25. The summed E-state index contributed by atoms with van der Waals surface area (Å²) < 4.78 is 64.1. The topological polar surface area (TPSA) is 142 Å². The zero-order valence-corrected chi connectivity index (χ0v) is 18.5. The molecule has 3 rings (SSSR count). The molecule has 0 saturated heterocycles. The highest BCUT2D eigenvalue weighted by atomic mass is 32.2. The summed E-state index contributed by atoms with van der Waals surface area (Å²) in [6, 6.07) is 9.54. The summed E-state index contributed by atoms with van der Waals surface area (Å²) in [5, 5.41) is 2.60. The Kier molecular flexibility index (Phi) is 6.65. The smallest absolute Gasteiger partial charge is 0.261 e. The highest BCUT2D eigenvalue weighted by Gasteiger charge is 2.19. The highest BCUT2D eigenvalue weighted by Crippen LogP contribution is 2.22. The normalized spacial score (nSPS) is 11.9. The summed E-state index contributed by atoms with van der Waals surface area (Å²) in [6.45, 7) is 1.33. The molecule has 2 aromatic carbocycles. The number of nitrogens with one attached hydrogen (secondary N) is 3. The van der Waals surface area contributed by atoms with E-state index in [1.54, 1.807) is 0 Å². The van der Waals surface area contributed by atoms with Gasteiger partial charge >= 0.3 is 0 Å². The third-order valence-electron chi connectivity index (χ3n) is 4.60. The molecule has 1 amide bonds. The quantitative estimate of drug-likeness (QED) is 0.446. The van der Waals surface area contributed by atoms with Gasteiger partial charge in [0.05, 0.1) is 16.2 Å². The Labute approximate surface area is 183 Å².